The Balaban J connectivity index is 2.50. The van der Waals surface area contributed by atoms with Crippen LogP contribution in [0.1, 0.15) is 32.3 Å². The molecule has 0 aliphatic carbocycles. The predicted molar refractivity (Wildman–Crippen MR) is 121 cm³/mol. The number of carbonyl (C=O) groups is 3. The molecule has 178 valence electrons. The molecular formula is C22H26N2O8S. The summed E-state index contributed by atoms with van der Waals surface area (Å²) < 4.78 is 15.3. The molecule has 2 rings (SSSR count). The fourth-order valence-corrected chi connectivity index (χ4v) is 3.99. The number of thioether (sulfide) groups is 1. The number of nitrogens with one attached hydrogen (secondary N) is 1. The second-order valence-electron chi connectivity index (χ2n) is 6.66. The summed E-state index contributed by atoms with van der Waals surface area (Å²) in [5.41, 5.74) is 1.15. The summed E-state index contributed by atoms with van der Waals surface area (Å²) in [4.78, 5) is 47.9. The molecule has 1 N–H and O–H groups in total. The SMILES string of the molecule is CCOC(=O)CSCC1=C(C(=O)OCC)C(c2ccc([N+](=O)[O-])cc2)C(C(=O)OCC)=CN1. The first-order valence-electron chi connectivity index (χ1n) is 10.4. The average molecular weight is 479 g/mol. The molecule has 0 fully saturated rings. The van der Waals surface area contributed by atoms with Gasteiger partial charge in [0.25, 0.3) is 5.69 Å². The van der Waals surface area contributed by atoms with Crippen molar-refractivity contribution in [3.63, 3.8) is 0 Å². The van der Waals surface area contributed by atoms with Crippen LogP contribution >= 0.6 is 11.8 Å². The van der Waals surface area contributed by atoms with Gasteiger partial charge in [-0.15, -0.1) is 11.8 Å². The van der Waals surface area contributed by atoms with Crippen LogP contribution in [0.5, 0.6) is 0 Å². The number of esters is 3. The number of dihydropyridines is 1. The topological polar surface area (TPSA) is 134 Å². The van der Waals surface area contributed by atoms with E-state index in [1.54, 1.807) is 20.8 Å². The van der Waals surface area contributed by atoms with Gasteiger partial charge in [-0.1, -0.05) is 12.1 Å². The first kappa shape index (κ1) is 25.9. The lowest BCUT2D eigenvalue weighted by atomic mass is 9.82. The van der Waals surface area contributed by atoms with Crippen molar-refractivity contribution in [2.45, 2.75) is 26.7 Å². The van der Waals surface area contributed by atoms with Gasteiger partial charge in [0, 0.05) is 29.8 Å². The Morgan fingerprint density at radius 3 is 2.18 bits per heavy atom. The van der Waals surface area contributed by atoms with Crippen LogP contribution in [0.3, 0.4) is 0 Å². The predicted octanol–water partition coefficient (Wildman–Crippen LogP) is 2.84. The van der Waals surface area contributed by atoms with Gasteiger partial charge in [0.2, 0.25) is 0 Å². The molecule has 33 heavy (non-hydrogen) atoms. The fourth-order valence-electron chi connectivity index (χ4n) is 3.19. The summed E-state index contributed by atoms with van der Waals surface area (Å²) in [6.07, 6.45) is 1.45. The lowest BCUT2D eigenvalue weighted by molar-refractivity contribution is -0.384. The molecule has 0 spiro atoms. The average Bonchev–Trinajstić information content (AvgIpc) is 2.79. The van der Waals surface area contributed by atoms with E-state index in [1.165, 1.54) is 42.2 Å². The van der Waals surface area contributed by atoms with Gasteiger partial charge in [-0.3, -0.25) is 14.9 Å². The van der Waals surface area contributed by atoms with Crippen LogP contribution in [-0.4, -0.2) is 54.2 Å². The summed E-state index contributed by atoms with van der Waals surface area (Å²) in [7, 11) is 0. The Labute approximate surface area is 195 Å². The van der Waals surface area contributed by atoms with Crippen molar-refractivity contribution >= 4 is 35.4 Å². The number of nitro groups is 1. The summed E-state index contributed by atoms with van der Waals surface area (Å²) >= 11 is 1.23. The highest BCUT2D eigenvalue weighted by molar-refractivity contribution is 8.00. The van der Waals surface area contributed by atoms with Gasteiger partial charge in [0.1, 0.15) is 0 Å². The third-order valence-corrected chi connectivity index (χ3v) is 5.47. The standard InChI is InChI=1S/C22H26N2O8S/c1-4-30-18(25)13-33-12-17-20(22(27)32-6-3)19(16(11-23-17)21(26)31-5-2)14-7-9-15(10-8-14)24(28)29/h7-11,19,23H,4-6,12-13H2,1-3H3. The second kappa shape index (κ2) is 12.6. The smallest absolute Gasteiger partial charge is 0.336 e. The minimum atomic E-state index is -0.872. The minimum Gasteiger partial charge on any atom is -0.465 e. The van der Waals surface area contributed by atoms with Gasteiger partial charge in [-0.2, -0.15) is 0 Å². The number of nitro benzene ring substituents is 1. The lowest BCUT2D eigenvalue weighted by Gasteiger charge is -2.28. The van der Waals surface area contributed by atoms with Gasteiger partial charge < -0.3 is 19.5 Å². The molecule has 10 nitrogen and oxygen atoms in total. The number of non-ortho nitro benzene ring substituents is 1. The monoisotopic (exact) mass is 478 g/mol. The van der Waals surface area contributed by atoms with E-state index >= 15 is 0 Å². The summed E-state index contributed by atoms with van der Waals surface area (Å²) in [6, 6.07) is 5.59. The number of hydrogen-bond acceptors (Lipinski definition) is 10. The van der Waals surface area contributed by atoms with E-state index in [9.17, 15) is 24.5 Å². The molecule has 1 aliphatic rings. The number of nitrogens with zero attached hydrogens (tertiary/aromatic N) is 1. The van der Waals surface area contributed by atoms with Gasteiger partial charge in [-0.05, 0) is 26.3 Å². The third kappa shape index (κ3) is 6.82. The van der Waals surface area contributed by atoms with Crippen molar-refractivity contribution < 1.29 is 33.5 Å². The molecule has 1 aromatic rings. The minimum absolute atomic E-state index is 0.0752. The molecule has 1 aromatic carbocycles. The van der Waals surface area contributed by atoms with Gasteiger partial charge in [0.15, 0.2) is 0 Å². The first-order valence-corrected chi connectivity index (χ1v) is 11.5. The first-order chi connectivity index (χ1) is 15.8. The van der Waals surface area contributed by atoms with Crippen LogP contribution < -0.4 is 5.32 Å². The zero-order chi connectivity index (χ0) is 24.4. The van der Waals surface area contributed by atoms with Crippen molar-refractivity contribution in [1.29, 1.82) is 0 Å². The number of rotatable bonds is 11. The van der Waals surface area contributed by atoms with Crippen LogP contribution in [0, 0.1) is 10.1 Å². The molecule has 0 bridgehead atoms. The van der Waals surface area contributed by atoms with Crippen LogP contribution in [0.4, 0.5) is 5.69 Å². The highest BCUT2D eigenvalue weighted by Gasteiger charge is 2.37. The number of benzene rings is 1. The molecule has 0 saturated carbocycles. The molecule has 1 unspecified atom stereocenters. The Kier molecular flexibility index (Phi) is 9.92. The summed E-state index contributed by atoms with van der Waals surface area (Å²) in [5.74, 6) is -2.22. The van der Waals surface area contributed by atoms with Crippen molar-refractivity contribution in [2.24, 2.45) is 0 Å². The van der Waals surface area contributed by atoms with E-state index in [2.05, 4.69) is 5.32 Å². The normalized spacial score (nSPS) is 15.2. The Bertz CT molecular complexity index is 956. The van der Waals surface area contributed by atoms with E-state index in [4.69, 9.17) is 14.2 Å². The van der Waals surface area contributed by atoms with E-state index < -0.39 is 22.8 Å². The molecule has 0 amide bonds. The Morgan fingerprint density at radius 1 is 1.00 bits per heavy atom. The molecule has 0 saturated heterocycles. The van der Waals surface area contributed by atoms with Crippen molar-refractivity contribution in [2.75, 3.05) is 31.3 Å². The number of hydrogen-bond donors (Lipinski definition) is 1. The molecule has 1 aliphatic heterocycles. The zero-order valence-corrected chi connectivity index (χ0v) is 19.4. The third-order valence-electron chi connectivity index (χ3n) is 4.54. The molecule has 0 radical (unpaired) electrons. The van der Waals surface area contributed by atoms with Crippen LogP contribution in [-0.2, 0) is 28.6 Å². The Hall–Kier alpha value is -3.34. The van der Waals surface area contributed by atoms with E-state index in [-0.39, 0.29) is 54.1 Å². The van der Waals surface area contributed by atoms with Gasteiger partial charge in [0.05, 0.1) is 47.6 Å². The molecule has 0 aromatic heterocycles. The van der Waals surface area contributed by atoms with Crippen molar-refractivity contribution in [3.05, 3.63) is 63.0 Å². The second-order valence-corrected chi connectivity index (χ2v) is 7.64. The molecule has 1 atom stereocenters. The number of carbonyl (C=O) groups excluding carboxylic acids is 3. The van der Waals surface area contributed by atoms with E-state index in [0.717, 1.165) is 0 Å². The zero-order valence-electron chi connectivity index (χ0n) is 18.6. The number of ether oxygens (including phenoxy) is 3. The maximum absolute atomic E-state index is 13.0. The Morgan fingerprint density at radius 2 is 1.61 bits per heavy atom. The highest BCUT2D eigenvalue weighted by atomic mass is 32.2. The maximum Gasteiger partial charge on any atom is 0.336 e. The van der Waals surface area contributed by atoms with Gasteiger partial charge in [-0.25, -0.2) is 9.59 Å². The molecular weight excluding hydrogens is 452 g/mol. The van der Waals surface area contributed by atoms with Crippen molar-refractivity contribution in [3.8, 4) is 0 Å². The van der Waals surface area contributed by atoms with Crippen LogP contribution in [0.25, 0.3) is 0 Å². The van der Waals surface area contributed by atoms with Crippen molar-refractivity contribution in [1.82, 2.24) is 5.32 Å². The maximum atomic E-state index is 13.0. The molecule has 1 heterocycles. The van der Waals surface area contributed by atoms with Crippen LogP contribution in [0.15, 0.2) is 47.3 Å². The largest absolute Gasteiger partial charge is 0.465 e. The van der Waals surface area contributed by atoms with Gasteiger partial charge >= 0.3 is 17.9 Å². The summed E-state index contributed by atoms with van der Waals surface area (Å²) in [6.45, 7) is 5.54. The lowest BCUT2D eigenvalue weighted by Crippen LogP contribution is -2.31. The summed E-state index contributed by atoms with van der Waals surface area (Å²) in [5, 5.41) is 14.0. The fraction of sp³-hybridized carbons (Fsp3) is 0.409. The van der Waals surface area contributed by atoms with E-state index in [1.807, 2.05) is 0 Å². The highest BCUT2D eigenvalue weighted by Crippen LogP contribution is 2.38. The van der Waals surface area contributed by atoms with E-state index in [0.29, 0.717) is 11.3 Å². The quantitative estimate of drug-likeness (QED) is 0.219. The molecule has 11 heteroatoms. The van der Waals surface area contributed by atoms with Crippen LogP contribution in [0.2, 0.25) is 0 Å².